The Hall–Kier alpha value is -2.82. The smallest absolute Gasteiger partial charge is 0.339 e. The van der Waals surface area contributed by atoms with Gasteiger partial charge in [0.1, 0.15) is 5.41 Å². The Bertz CT molecular complexity index is 1000. The summed E-state index contributed by atoms with van der Waals surface area (Å²) in [6.07, 6.45) is 6.80. The standard InChI is InChI=1S/C20H14O5/c1-9-15-11(14-8-24-19(22)20(14)4-2-13(15)20)6-12-16(9)17(25-18(12)21)10-3-5-23-7-10/h2-7,13-14,17H,8H2,1H3. The van der Waals surface area contributed by atoms with E-state index in [1.807, 2.05) is 25.1 Å². The lowest BCUT2D eigenvalue weighted by Gasteiger charge is -2.34. The van der Waals surface area contributed by atoms with Crippen LogP contribution in [0.2, 0.25) is 0 Å². The Morgan fingerprint density at radius 3 is 2.84 bits per heavy atom. The van der Waals surface area contributed by atoms with Gasteiger partial charge in [0.15, 0.2) is 6.10 Å². The predicted molar refractivity (Wildman–Crippen MR) is 85.2 cm³/mol. The predicted octanol–water partition coefficient (Wildman–Crippen LogP) is 3.14. The Morgan fingerprint density at radius 1 is 1.24 bits per heavy atom. The van der Waals surface area contributed by atoms with Gasteiger partial charge in [-0.3, -0.25) is 4.79 Å². The molecule has 3 heterocycles. The van der Waals surface area contributed by atoms with Gasteiger partial charge in [-0.2, -0.15) is 0 Å². The van der Waals surface area contributed by atoms with Crippen LogP contribution in [0.3, 0.4) is 0 Å². The molecule has 5 heteroatoms. The molecule has 1 aromatic heterocycles. The lowest BCUT2D eigenvalue weighted by Crippen LogP contribution is -2.36. The molecule has 2 aromatic rings. The summed E-state index contributed by atoms with van der Waals surface area (Å²) in [7, 11) is 0. The number of hydrogen-bond acceptors (Lipinski definition) is 5. The van der Waals surface area contributed by atoms with Crippen molar-refractivity contribution in [3.8, 4) is 0 Å². The number of allylic oxidation sites excluding steroid dienone is 1. The molecule has 2 aliphatic carbocycles. The van der Waals surface area contributed by atoms with Crippen molar-refractivity contribution >= 4 is 11.9 Å². The summed E-state index contributed by atoms with van der Waals surface area (Å²) in [6, 6.07) is 3.74. The Labute approximate surface area is 143 Å². The highest BCUT2D eigenvalue weighted by molar-refractivity contribution is 5.97. The number of cyclic esters (lactones) is 2. The second kappa shape index (κ2) is 4.04. The third kappa shape index (κ3) is 1.31. The van der Waals surface area contributed by atoms with E-state index in [9.17, 15) is 9.59 Å². The minimum Gasteiger partial charge on any atom is -0.472 e. The highest BCUT2D eigenvalue weighted by atomic mass is 16.6. The fraction of sp³-hybridized carbons (Fsp3) is 0.300. The fourth-order valence-electron chi connectivity index (χ4n) is 5.14. The summed E-state index contributed by atoms with van der Waals surface area (Å²) < 4.78 is 16.1. The van der Waals surface area contributed by atoms with Gasteiger partial charge in [0.2, 0.25) is 0 Å². The normalized spacial score (nSPS) is 33.2. The monoisotopic (exact) mass is 334 g/mol. The lowest BCUT2D eigenvalue weighted by atomic mass is 9.64. The van der Waals surface area contributed by atoms with Crippen LogP contribution in [-0.4, -0.2) is 18.5 Å². The Balaban J connectivity index is 1.61. The molecule has 124 valence electrons. The van der Waals surface area contributed by atoms with Crippen molar-refractivity contribution in [1.29, 1.82) is 0 Å². The molecular formula is C20H14O5. The maximum atomic E-state index is 12.5. The van der Waals surface area contributed by atoms with Gasteiger partial charge in [0.25, 0.3) is 0 Å². The Kier molecular flexibility index (Phi) is 2.18. The quantitative estimate of drug-likeness (QED) is 0.592. The second-order valence-corrected chi connectivity index (χ2v) is 7.23. The van der Waals surface area contributed by atoms with Gasteiger partial charge >= 0.3 is 11.9 Å². The number of carbonyl (C=O) groups excluding carboxylic acids is 2. The fourth-order valence-corrected chi connectivity index (χ4v) is 5.14. The number of hydrogen-bond donors (Lipinski definition) is 0. The van der Waals surface area contributed by atoms with E-state index in [-0.39, 0.29) is 23.8 Å². The van der Waals surface area contributed by atoms with Crippen molar-refractivity contribution in [2.24, 2.45) is 5.41 Å². The topological polar surface area (TPSA) is 65.7 Å². The van der Waals surface area contributed by atoms with Crippen molar-refractivity contribution < 1.29 is 23.5 Å². The van der Waals surface area contributed by atoms with Crippen LogP contribution in [0.25, 0.3) is 0 Å². The number of fused-ring (bicyclic) bond motifs is 4. The van der Waals surface area contributed by atoms with Gasteiger partial charge in [-0.05, 0) is 35.7 Å². The first-order valence-corrected chi connectivity index (χ1v) is 8.40. The van der Waals surface area contributed by atoms with Crippen molar-refractivity contribution in [1.82, 2.24) is 0 Å². The third-order valence-corrected chi connectivity index (χ3v) is 6.34. The molecule has 1 aromatic carbocycles. The molecule has 6 rings (SSSR count). The minimum atomic E-state index is -0.558. The van der Waals surface area contributed by atoms with Gasteiger partial charge in [-0.1, -0.05) is 12.2 Å². The van der Waals surface area contributed by atoms with E-state index in [0.717, 1.165) is 27.8 Å². The van der Waals surface area contributed by atoms with E-state index in [1.54, 1.807) is 12.5 Å². The van der Waals surface area contributed by atoms with E-state index >= 15 is 0 Å². The first-order chi connectivity index (χ1) is 12.1. The van der Waals surface area contributed by atoms with Crippen molar-refractivity contribution in [2.45, 2.75) is 24.9 Å². The SMILES string of the molecule is Cc1c2c(cc3c1C1C=CC14C(=O)OCC34)C(=O)OC2c1ccoc1. The summed E-state index contributed by atoms with van der Waals surface area (Å²) >= 11 is 0. The van der Waals surface area contributed by atoms with E-state index in [4.69, 9.17) is 13.9 Å². The largest absolute Gasteiger partial charge is 0.472 e. The zero-order valence-corrected chi connectivity index (χ0v) is 13.4. The van der Waals surface area contributed by atoms with Gasteiger partial charge in [0.05, 0.1) is 24.7 Å². The molecular weight excluding hydrogens is 320 g/mol. The summed E-state index contributed by atoms with van der Waals surface area (Å²) in [6.45, 7) is 2.41. The molecule has 0 bridgehead atoms. The van der Waals surface area contributed by atoms with Crippen LogP contribution in [0, 0.1) is 12.3 Å². The number of rotatable bonds is 1. The van der Waals surface area contributed by atoms with Gasteiger partial charge in [-0.15, -0.1) is 0 Å². The highest BCUT2D eigenvalue weighted by Crippen LogP contribution is 2.66. The van der Waals surface area contributed by atoms with E-state index in [1.165, 1.54) is 0 Å². The molecule has 0 N–H and O–H groups in total. The maximum absolute atomic E-state index is 12.5. The molecule has 1 fully saturated rings. The minimum absolute atomic E-state index is 0.00484. The number of esters is 2. The van der Waals surface area contributed by atoms with Crippen LogP contribution in [-0.2, 0) is 14.3 Å². The van der Waals surface area contributed by atoms with Crippen LogP contribution >= 0.6 is 0 Å². The summed E-state index contributed by atoms with van der Waals surface area (Å²) in [4.78, 5) is 24.9. The summed E-state index contributed by atoms with van der Waals surface area (Å²) in [5.74, 6) is -0.434. The Morgan fingerprint density at radius 2 is 2.12 bits per heavy atom. The molecule has 2 aliphatic heterocycles. The molecule has 0 amide bonds. The number of benzene rings is 1. The summed E-state index contributed by atoms with van der Waals surface area (Å²) in [5.41, 5.74) is 5.02. The van der Waals surface area contributed by atoms with Gasteiger partial charge in [-0.25, -0.2) is 4.79 Å². The van der Waals surface area contributed by atoms with Crippen LogP contribution in [0.15, 0.2) is 41.2 Å². The van der Waals surface area contributed by atoms with E-state index in [0.29, 0.717) is 12.2 Å². The maximum Gasteiger partial charge on any atom is 0.339 e. The third-order valence-electron chi connectivity index (χ3n) is 6.34. The first-order valence-electron chi connectivity index (χ1n) is 8.40. The molecule has 0 radical (unpaired) electrons. The zero-order valence-electron chi connectivity index (χ0n) is 13.4. The first kappa shape index (κ1) is 13.5. The molecule has 0 saturated carbocycles. The molecule has 4 unspecified atom stereocenters. The zero-order chi connectivity index (χ0) is 16.9. The lowest BCUT2D eigenvalue weighted by molar-refractivity contribution is -0.145. The van der Waals surface area contributed by atoms with Crippen LogP contribution in [0.4, 0.5) is 0 Å². The van der Waals surface area contributed by atoms with Crippen molar-refractivity contribution in [2.75, 3.05) is 6.61 Å². The molecule has 1 saturated heterocycles. The second-order valence-electron chi connectivity index (χ2n) is 7.23. The number of furan rings is 1. The molecule has 4 aliphatic rings. The highest BCUT2D eigenvalue weighted by Gasteiger charge is 2.65. The van der Waals surface area contributed by atoms with Crippen molar-refractivity contribution in [3.63, 3.8) is 0 Å². The summed E-state index contributed by atoms with van der Waals surface area (Å²) in [5, 5.41) is 0. The molecule has 4 atom stereocenters. The van der Waals surface area contributed by atoms with E-state index < -0.39 is 11.5 Å². The van der Waals surface area contributed by atoms with Crippen LogP contribution < -0.4 is 0 Å². The average molecular weight is 334 g/mol. The molecule has 25 heavy (non-hydrogen) atoms. The molecule has 5 nitrogen and oxygen atoms in total. The average Bonchev–Trinajstić information content (AvgIpc) is 3.29. The van der Waals surface area contributed by atoms with Gasteiger partial charge in [0, 0.05) is 23.0 Å². The number of ether oxygens (including phenoxy) is 2. The van der Waals surface area contributed by atoms with Gasteiger partial charge < -0.3 is 13.9 Å². The van der Waals surface area contributed by atoms with Crippen LogP contribution in [0.5, 0.6) is 0 Å². The van der Waals surface area contributed by atoms with Crippen molar-refractivity contribution in [3.05, 3.63) is 70.2 Å². The van der Waals surface area contributed by atoms with Crippen LogP contribution in [0.1, 0.15) is 56.1 Å². The number of carbonyl (C=O) groups is 2. The molecule has 1 spiro atoms. The van der Waals surface area contributed by atoms with E-state index in [2.05, 4.69) is 6.08 Å².